The summed E-state index contributed by atoms with van der Waals surface area (Å²) in [6.45, 7) is 5.60. The first-order chi connectivity index (χ1) is 13.8. The van der Waals surface area contributed by atoms with Crippen molar-refractivity contribution in [1.82, 2.24) is 4.90 Å². The summed E-state index contributed by atoms with van der Waals surface area (Å²) in [5, 5.41) is 0. The number of rotatable bonds is 4. The lowest BCUT2D eigenvalue weighted by molar-refractivity contribution is 0.325. The molecular weight excluding hydrogens is 344 g/mol. The van der Waals surface area contributed by atoms with E-state index in [0.29, 0.717) is 0 Å². The highest BCUT2D eigenvalue weighted by Crippen LogP contribution is 2.51. The molecule has 3 heteroatoms. The summed E-state index contributed by atoms with van der Waals surface area (Å²) in [4.78, 5) is 4.96. The van der Waals surface area contributed by atoms with Crippen LogP contribution in [0.2, 0.25) is 0 Å². The molecule has 0 N–H and O–H groups in total. The van der Waals surface area contributed by atoms with Gasteiger partial charge >= 0.3 is 0 Å². The number of hydrogen-bond acceptors (Lipinski definition) is 3. The topological polar surface area (TPSA) is 15.7 Å². The maximum atomic E-state index is 6.47. The van der Waals surface area contributed by atoms with Gasteiger partial charge in [0.05, 0.1) is 17.4 Å². The number of fused-ring (bicyclic) bond motifs is 2. The Bertz CT molecular complexity index is 963. The first-order valence-corrected chi connectivity index (χ1v) is 10.3. The normalized spacial score (nSPS) is 17.0. The number of para-hydroxylation sites is 3. The zero-order valence-electron chi connectivity index (χ0n) is 16.3. The molecule has 3 nitrogen and oxygen atoms in total. The van der Waals surface area contributed by atoms with Gasteiger partial charge in [-0.2, -0.15) is 0 Å². The third-order valence-electron chi connectivity index (χ3n) is 5.93. The molecule has 0 radical (unpaired) electrons. The predicted molar refractivity (Wildman–Crippen MR) is 114 cm³/mol. The van der Waals surface area contributed by atoms with Crippen molar-refractivity contribution in [2.75, 3.05) is 18.0 Å². The van der Waals surface area contributed by atoms with E-state index < -0.39 is 0 Å². The fraction of sp³-hybridized carbons (Fsp3) is 0.280. The summed E-state index contributed by atoms with van der Waals surface area (Å²) in [5.74, 6) is 1.95. The molecule has 1 saturated heterocycles. The number of benzene rings is 3. The van der Waals surface area contributed by atoms with Gasteiger partial charge in [-0.25, -0.2) is 0 Å². The molecule has 142 valence electrons. The summed E-state index contributed by atoms with van der Waals surface area (Å²) in [6, 6.07) is 25.9. The highest BCUT2D eigenvalue weighted by Gasteiger charge is 2.30. The van der Waals surface area contributed by atoms with Gasteiger partial charge in [-0.15, -0.1) is 0 Å². The molecule has 0 bridgehead atoms. The van der Waals surface area contributed by atoms with Gasteiger partial charge in [0.15, 0.2) is 11.5 Å². The first-order valence-electron chi connectivity index (χ1n) is 10.3. The molecule has 5 rings (SSSR count). The van der Waals surface area contributed by atoms with Gasteiger partial charge in [-0.1, -0.05) is 54.6 Å². The molecule has 1 atom stereocenters. The largest absolute Gasteiger partial charge is 0.453 e. The molecule has 2 heterocycles. The van der Waals surface area contributed by atoms with E-state index in [1.165, 1.54) is 37.1 Å². The van der Waals surface area contributed by atoms with Gasteiger partial charge < -0.3 is 9.64 Å². The van der Waals surface area contributed by atoms with Crippen LogP contribution in [0.15, 0.2) is 72.8 Å². The Kier molecular flexibility index (Phi) is 4.53. The molecular formula is C25H26N2O. The van der Waals surface area contributed by atoms with Crippen LogP contribution >= 0.6 is 0 Å². The number of ether oxygens (including phenoxy) is 1. The molecule has 0 saturated carbocycles. The van der Waals surface area contributed by atoms with Gasteiger partial charge in [0.25, 0.3) is 0 Å². The van der Waals surface area contributed by atoms with E-state index in [4.69, 9.17) is 4.74 Å². The number of anilines is 2. The molecule has 3 aromatic carbocycles. The van der Waals surface area contributed by atoms with Crippen molar-refractivity contribution in [3.05, 3.63) is 83.9 Å². The van der Waals surface area contributed by atoms with Crippen LogP contribution in [0.25, 0.3) is 0 Å². The van der Waals surface area contributed by atoms with Crippen LogP contribution in [0.5, 0.6) is 11.5 Å². The van der Waals surface area contributed by atoms with E-state index in [9.17, 15) is 0 Å². The maximum Gasteiger partial charge on any atom is 0.155 e. The van der Waals surface area contributed by atoms with E-state index in [-0.39, 0.29) is 6.04 Å². The summed E-state index contributed by atoms with van der Waals surface area (Å²) < 4.78 is 6.47. The summed E-state index contributed by atoms with van der Waals surface area (Å²) in [6.07, 6.45) is 2.60. The van der Waals surface area contributed by atoms with Crippen LogP contribution < -0.4 is 9.64 Å². The quantitative estimate of drug-likeness (QED) is 0.537. The Balaban J connectivity index is 1.60. The van der Waals surface area contributed by atoms with E-state index in [1.54, 1.807) is 0 Å². The van der Waals surface area contributed by atoms with Gasteiger partial charge in [0.2, 0.25) is 0 Å². The Morgan fingerprint density at radius 3 is 2.36 bits per heavy atom. The lowest BCUT2D eigenvalue weighted by Crippen LogP contribution is -2.26. The van der Waals surface area contributed by atoms with Crippen molar-refractivity contribution in [3.8, 4) is 11.5 Å². The van der Waals surface area contributed by atoms with E-state index in [0.717, 1.165) is 29.4 Å². The Labute approximate surface area is 167 Å². The zero-order valence-corrected chi connectivity index (χ0v) is 16.3. The predicted octanol–water partition coefficient (Wildman–Crippen LogP) is 6.29. The Hall–Kier alpha value is -2.78. The number of nitrogens with zero attached hydrogens (tertiary/aromatic N) is 2. The van der Waals surface area contributed by atoms with E-state index in [2.05, 4.69) is 89.5 Å². The molecule has 0 spiro atoms. The third-order valence-corrected chi connectivity index (χ3v) is 5.93. The standard InChI is InChI=1S/C25H26N2O/c1-19(20-10-3-2-4-11-20)27-22-13-5-6-15-24(22)28-25-21(12-9-14-23(25)27)18-26-16-7-8-17-26/h2-6,9-15,19H,7-8,16-18H2,1H3. The van der Waals surface area contributed by atoms with Crippen molar-refractivity contribution in [2.45, 2.75) is 32.4 Å². The molecule has 1 fully saturated rings. The van der Waals surface area contributed by atoms with Crippen LogP contribution in [0.3, 0.4) is 0 Å². The average molecular weight is 370 g/mol. The van der Waals surface area contributed by atoms with Crippen LogP contribution in [-0.2, 0) is 6.54 Å². The van der Waals surface area contributed by atoms with Crippen LogP contribution in [0.1, 0.15) is 36.9 Å². The fourth-order valence-corrected chi connectivity index (χ4v) is 4.47. The molecule has 2 aliphatic rings. The second-order valence-electron chi connectivity index (χ2n) is 7.78. The second kappa shape index (κ2) is 7.33. The summed E-state index contributed by atoms with van der Waals surface area (Å²) >= 11 is 0. The Morgan fingerprint density at radius 1 is 0.821 bits per heavy atom. The SMILES string of the molecule is CC(c1ccccc1)N1c2ccccc2Oc2c(CN3CCCC3)cccc21. The van der Waals surface area contributed by atoms with Crippen molar-refractivity contribution >= 4 is 11.4 Å². The number of likely N-dealkylation sites (tertiary alicyclic amines) is 1. The first kappa shape index (κ1) is 17.3. The minimum absolute atomic E-state index is 0.215. The van der Waals surface area contributed by atoms with Gasteiger partial charge in [-0.05, 0) is 56.6 Å². The molecule has 0 aliphatic carbocycles. The minimum Gasteiger partial charge on any atom is -0.453 e. The highest BCUT2D eigenvalue weighted by atomic mass is 16.5. The molecule has 3 aromatic rings. The van der Waals surface area contributed by atoms with Gasteiger partial charge in [-0.3, -0.25) is 4.90 Å². The minimum atomic E-state index is 0.215. The van der Waals surface area contributed by atoms with Crippen molar-refractivity contribution < 1.29 is 4.74 Å². The van der Waals surface area contributed by atoms with Crippen LogP contribution in [0.4, 0.5) is 11.4 Å². The highest BCUT2D eigenvalue weighted by molar-refractivity contribution is 5.80. The lowest BCUT2D eigenvalue weighted by atomic mass is 10.0. The molecule has 2 aliphatic heterocycles. The number of hydrogen-bond donors (Lipinski definition) is 0. The monoisotopic (exact) mass is 370 g/mol. The van der Waals surface area contributed by atoms with Crippen LogP contribution in [-0.4, -0.2) is 18.0 Å². The fourth-order valence-electron chi connectivity index (χ4n) is 4.47. The Morgan fingerprint density at radius 2 is 1.54 bits per heavy atom. The molecule has 1 unspecified atom stereocenters. The molecule has 0 amide bonds. The summed E-state index contributed by atoms with van der Waals surface area (Å²) in [7, 11) is 0. The molecule has 0 aromatic heterocycles. The lowest BCUT2D eigenvalue weighted by Gasteiger charge is -2.38. The van der Waals surface area contributed by atoms with Gasteiger partial charge in [0, 0.05) is 12.1 Å². The summed E-state index contributed by atoms with van der Waals surface area (Å²) in [5.41, 5.74) is 4.87. The average Bonchev–Trinajstić information content (AvgIpc) is 3.26. The van der Waals surface area contributed by atoms with Crippen molar-refractivity contribution in [1.29, 1.82) is 0 Å². The smallest absolute Gasteiger partial charge is 0.155 e. The van der Waals surface area contributed by atoms with E-state index >= 15 is 0 Å². The van der Waals surface area contributed by atoms with Crippen molar-refractivity contribution in [3.63, 3.8) is 0 Å². The molecule has 28 heavy (non-hydrogen) atoms. The zero-order chi connectivity index (χ0) is 18.9. The third kappa shape index (κ3) is 3.06. The van der Waals surface area contributed by atoms with Crippen molar-refractivity contribution in [2.24, 2.45) is 0 Å². The van der Waals surface area contributed by atoms with Gasteiger partial charge in [0.1, 0.15) is 0 Å². The van der Waals surface area contributed by atoms with Crippen LogP contribution in [0, 0.1) is 0 Å². The maximum absolute atomic E-state index is 6.47. The second-order valence-corrected chi connectivity index (χ2v) is 7.78. The van der Waals surface area contributed by atoms with E-state index in [1.807, 2.05) is 0 Å².